The van der Waals surface area contributed by atoms with Crippen molar-refractivity contribution in [1.82, 2.24) is 4.90 Å². The molecule has 110 valence electrons. The number of carbonyl (C=O) groups is 1. The van der Waals surface area contributed by atoms with E-state index in [4.69, 9.17) is 9.47 Å². The van der Waals surface area contributed by atoms with Crippen LogP contribution in [-0.2, 0) is 16.0 Å². The van der Waals surface area contributed by atoms with Gasteiger partial charge in [-0.15, -0.1) is 0 Å². The average Bonchev–Trinajstić information content (AvgIpc) is 2.53. The van der Waals surface area contributed by atoms with Gasteiger partial charge in [0.05, 0.1) is 6.10 Å². The number of methoxy groups -OCH3 is 1. The van der Waals surface area contributed by atoms with E-state index in [0.717, 1.165) is 38.1 Å². The maximum Gasteiger partial charge on any atom is 0.260 e. The number of ether oxygens (including phenoxy) is 2. The third-order valence-electron chi connectivity index (χ3n) is 3.82. The fourth-order valence-corrected chi connectivity index (χ4v) is 2.40. The Kier molecular flexibility index (Phi) is 5.41. The molecule has 20 heavy (non-hydrogen) atoms. The molecule has 1 saturated heterocycles. The summed E-state index contributed by atoms with van der Waals surface area (Å²) in [5.41, 5.74) is 1.27. The first-order valence-corrected chi connectivity index (χ1v) is 7.25. The Balaban J connectivity index is 1.77. The van der Waals surface area contributed by atoms with Gasteiger partial charge < -0.3 is 14.4 Å². The number of carbonyl (C=O) groups excluding carboxylic acids is 1. The van der Waals surface area contributed by atoms with Gasteiger partial charge in [-0.25, -0.2) is 0 Å². The van der Waals surface area contributed by atoms with Crippen LogP contribution in [-0.4, -0.2) is 43.7 Å². The van der Waals surface area contributed by atoms with Gasteiger partial charge in [-0.1, -0.05) is 19.1 Å². The summed E-state index contributed by atoms with van der Waals surface area (Å²) in [5, 5.41) is 0. The summed E-state index contributed by atoms with van der Waals surface area (Å²) in [6, 6.07) is 7.90. The van der Waals surface area contributed by atoms with Gasteiger partial charge in [-0.2, -0.15) is 0 Å². The lowest BCUT2D eigenvalue weighted by atomic mass is 10.1. The average molecular weight is 277 g/mol. The highest BCUT2D eigenvalue weighted by atomic mass is 16.5. The van der Waals surface area contributed by atoms with Crippen molar-refractivity contribution < 1.29 is 14.3 Å². The third-order valence-corrected chi connectivity index (χ3v) is 3.82. The lowest BCUT2D eigenvalue weighted by Gasteiger charge is -2.31. The smallest absolute Gasteiger partial charge is 0.260 e. The SMILES string of the molecule is CCc1ccc(OCC(=O)N2CCC(OC)CC2)cc1. The molecule has 0 bridgehead atoms. The lowest BCUT2D eigenvalue weighted by molar-refractivity contribution is -0.135. The minimum atomic E-state index is 0.0547. The van der Waals surface area contributed by atoms with Crippen molar-refractivity contribution >= 4 is 5.91 Å². The highest BCUT2D eigenvalue weighted by Crippen LogP contribution is 2.15. The molecule has 1 amide bonds. The van der Waals surface area contributed by atoms with Crippen molar-refractivity contribution in [3.05, 3.63) is 29.8 Å². The molecule has 0 atom stereocenters. The summed E-state index contributed by atoms with van der Waals surface area (Å²) in [5.74, 6) is 0.807. The molecule has 0 unspecified atom stereocenters. The van der Waals surface area contributed by atoms with Gasteiger partial charge in [-0.05, 0) is 37.0 Å². The van der Waals surface area contributed by atoms with Crippen LogP contribution in [0.15, 0.2) is 24.3 Å². The summed E-state index contributed by atoms with van der Waals surface area (Å²) in [6.07, 6.45) is 3.12. The molecular weight excluding hydrogens is 254 g/mol. The monoisotopic (exact) mass is 277 g/mol. The first-order chi connectivity index (χ1) is 9.72. The van der Waals surface area contributed by atoms with Gasteiger partial charge >= 0.3 is 0 Å². The zero-order chi connectivity index (χ0) is 14.4. The molecule has 2 rings (SSSR count). The molecule has 0 radical (unpaired) electrons. The highest BCUT2D eigenvalue weighted by molar-refractivity contribution is 5.77. The number of likely N-dealkylation sites (tertiary alicyclic amines) is 1. The van der Waals surface area contributed by atoms with Gasteiger partial charge in [0.15, 0.2) is 6.61 Å². The molecule has 0 aliphatic carbocycles. The molecular formula is C16H23NO3. The van der Waals surface area contributed by atoms with Crippen LogP contribution in [0.5, 0.6) is 5.75 Å². The van der Waals surface area contributed by atoms with Gasteiger partial charge in [0.25, 0.3) is 5.91 Å². The van der Waals surface area contributed by atoms with Gasteiger partial charge in [0.2, 0.25) is 0 Å². The number of amides is 1. The molecule has 0 N–H and O–H groups in total. The molecule has 1 aromatic rings. The summed E-state index contributed by atoms with van der Waals surface area (Å²) in [7, 11) is 1.73. The molecule has 1 aliphatic rings. The lowest BCUT2D eigenvalue weighted by Crippen LogP contribution is -2.42. The van der Waals surface area contributed by atoms with Crippen LogP contribution in [0.4, 0.5) is 0 Å². The van der Waals surface area contributed by atoms with Crippen LogP contribution in [0.25, 0.3) is 0 Å². The topological polar surface area (TPSA) is 38.8 Å². The van der Waals surface area contributed by atoms with Crippen LogP contribution in [0.1, 0.15) is 25.3 Å². The fourth-order valence-electron chi connectivity index (χ4n) is 2.40. The van der Waals surface area contributed by atoms with E-state index in [0.29, 0.717) is 6.10 Å². The molecule has 1 fully saturated rings. The fraction of sp³-hybridized carbons (Fsp3) is 0.562. The van der Waals surface area contributed by atoms with E-state index in [1.54, 1.807) is 7.11 Å². The second-order valence-corrected chi connectivity index (χ2v) is 5.10. The normalized spacial score (nSPS) is 16.2. The van der Waals surface area contributed by atoms with E-state index in [1.165, 1.54) is 5.56 Å². The Labute approximate surface area is 120 Å². The molecule has 1 aromatic carbocycles. The van der Waals surface area contributed by atoms with E-state index in [1.807, 2.05) is 29.2 Å². The molecule has 4 heteroatoms. The minimum Gasteiger partial charge on any atom is -0.484 e. The molecule has 0 saturated carbocycles. The number of piperidine rings is 1. The van der Waals surface area contributed by atoms with Crippen molar-refractivity contribution in [2.45, 2.75) is 32.3 Å². The Hall–Kier alpha value is -1.55. The second-order valence-electron chi connectivity index (χ2n) is 5.10. The Morgan fingerprint density at radius 1 is 1.25 bits per heavy atom. The Morgan fingerprint density at radius 2 is 1.90 bits per heavy atom. The number of rotatable bonds is 5. The molecule has 0 spiro atoms. The summed E-state index contributed by atoms with van der Waals surface area (Å²) < 4.78 is 10.9. The first kappa shape index (κ1) is 14.9. The van der Waals surface area contributed by atoms with Crippen molar-refractivity contribution in [2.75, 3.05) is 26.8 Å². The quantitative estimate of drug-likeness (QED) is 0.828. The Bertz CT molecular complexity index is 422. The zero-order valence-corrected chi connectivity index (χ0v) is 12.3. The zero-order valence-electron chi connectivity index (χ0n) is 12.3. The highest BCUT2D eigenvalue weighted by Gasteiger charge is 2.22. The Morgan fingerprint density at radius 3 is 2.45 bits per heavy atom. The number of hydrogen-bond donors (Lipinski definition) is 0. The van der Waals surface area contributed by atoms with Gasteiger partial charge in [0, 0.05) is 20.2 Å². The largest absolute Gasteiger partial charge is 0.484 e. The van der Waals surface area contributed by atoms with Crippen LogP contribution in [0, 0.1) is 0 Å². The van der Waals surface area contributed by atoms with Gasteiger partial charge in [0.1, 0.15) is 5.75 Å². The number of benzene rings is 1. The number of aryl methyl sites for hydroxylation is 1. The standard InChI is InChI=1S/C16H23NO3/c1-3-13-4-6-15(7-5-13)20-12-16(18)17-10-8-14(19-2)9-11-17/h4-7,14H,3,8-12H2,1-2H3. The van der Waals surface area contributed by atoms with E-state index in [2.05, 4.69) is 6.92 Å². The van der Waals surface area contributed by atoms with Crippen molar-refractivity contribution in [2.24, 2.45) is 0 Å². The molecule has 0 aromatic heterocycles. The van der Waals surface area contributed by atoms with Gasteiger partial charge in [-0.3, -0.25) is 4.79 Å². The van der Waals surface area contributed by atoms with E-state index in [9.17, 15) is 4.79 Å². The van der Waals surface area contributed by atoms with Crippen LogP contribution in [0.3, 0.4) is 0 Å². The van der Waals surface area contributed by atoms with Crippen molar-refractivity contribution in [3.8, 4) is 5.75 Å². The van der Waals surface area contributed by atoms with E-state index >= 15 is 0 Å². The molecule has 4 nitrogen and oxygen atoms in total. The maximum absolute atomic E-state index is 12.0. The molecule has 1 heterocycles. The van der Waals surface area contributed by atoms with Crippen LogP contribution in [0.2, 0.25) is 0 Å². The predicted octanol–water partition coefficient (Wildman–Crippen LogP) is 2.27. The number of nitrogens with zero attached hydrogens (tertiary/aromatic N) is 1. The maximum atomic E-state index is 12.0. The summed E-state index contributed by atoms with van der Waals surface area (Å²) in [6.45, 7) is 3.75. The predicted molar refractivity (Wildman–Crippen MR) is 77.9 cm³/mol. The minimum absolute atomic E-state index is 0.0547. The second kappa shape index (κ2) is 7.29. The van der Waals surface area contributed by atoms with Crippen LogP contribution < -0.4 is 4.74 Å². The third kappa shape index (κ3) is 3.97. The van der Waals surface area contributed by atoms with E-state index < -0.39 is 0 Å². The van der Waals surface area contributed by atoms with Crippen molar-refractivity contribution in [3.63, 3.8) is 0 Å². The summed E-state index contributed by atoms with van der Waals surface area (Å²) >= 11 is 0. The summed E-state index contributed by atoms with van der Waals surface area (Å²) in [4.78, 5) is 13.9. The van der Waals surface area contributed by atoms with E-state index in [-0.39, 0.29) is 12.5 Å². The molecule has 1 aliphatic heterocycles. The van der Waals surface area contributed by atoms with Crippen LogP contribution >= 0.6 is 0 Å². The first-order valence-electron chi connectivity index (χ1n) is 7.25. The van der Waals surface area contributed by atoms with Crippen molar-refractivity contribution in [1.29, 1.82) is 0 Å². The number of hydrogen-bond acceptors (Lipinski definition) is 3.